The second kappa shape index (κ2) is 16.2. The summed E-state index contributed by atoms with van der Waals surface area (Å²) in [7, 11) is -2.86. The van der Waals surface area contributed by atoms with Crippen LogP contribution in [-0.4, -0.2) is 26.8 Å². The van der Waals surface area contributed by atoms with Crippen molar-refractivity contribution in [3.63, 3.8) is 0 Å². The fourth-order valence-corrected chi connectivity index (χ4v) is 12.9. The van der Waals surface area contributed by atoms with E-state index in [0.717, 1.165) is 22.7 Å². The van der Waals surface area contributed by atoms with Crippen molar-refractivity contribution in [2.75, 3.05) is 28.6 Å². The highest BCUT2D eigenvalue weighted by molar-refractivity contribution is 8.32. The van der Waals surface area contributed by atoms with Crippen LogP contribution in [0.3, 0.4) is 0 Å². The van der Waals surface area contributed by atoms with E-state index in [2.05, 4.69) is 256 Å². The van der Waals surface area contributed by atoms with Crippen molar-refractivity contribution in [1.29, 1.82) is 0 Å². The molecule has 0 heterocycles. The maximum absolute atomic E-state index is 2.54. The molecule has 0 radical (unpaired) electrons. The minimum absolute atomic E-state index is 1.09. The summed E-state index contributed by atoms with van der Waals surface area (Å²) in [6.45, 7) is 12.0. The lowest BCUT2D eigenvalue weighted by Gasteiger charge is -2.35. The lowest BCUT2D eigenvalue weighted by atomic mass is 9.91. The molecule has 10 aromatic rings. The first kappa shape index (κ1) is 41.4. The standard InChI is InChI=1S/C60H56N2SSi/c1-41-36-57(63(3,4)5)51(43-22-13-9-14-23-43)38-53(41)61(47-28-17-11-18-29-47)55-40-56(50-35-33-46-27-21-26-45-32-34-49(55)60(50)59(45)46)62(48-30-19-12-20-31-48)54-39-52(44-24-15-10-16-25-44)58(37-42(54)2)64(6,7)8/h9-40H,1-8H3. The Balaban J connectivity index is 1.35. The first-order valence-corrected chi connectivity index (χ1v) is 28.7. The van der Waals surface area contributed by atoms with Gasteiger partial charge in [-0.05, 0) is 136 Å². The Morgan fingerprint density at radius 1 is 0.391 bits per heavy atom. The predicted octanol–water partition coefficient (Wildman–Crippen LogP) is 17.1. The highest BCUT2D eigenvalue weighted by Crippen LogP contribution is 2.55. The number of hydrogen-bond donors (Lipinski definition) is 0. The smallest absolute Gasteiger partial charge is 0.0784 e. The van der Waals surface area contributed by atoms with E-state index < -0.39 is 18.1 Å². The fourth-order valence-electron chi connectivity index (χ4n) is 9.81. The van der Waals surface area contributed by atoms with E-state index in [9.17, 15) is 0 Å². The molecule has 0 saturated heterocycles. The summed E-state index contributed by atoms with van der Waals surface area (Å²) >= 11 is 0. The van der Waals surface area contributed by atoms with Crippen molar-refractivity contribution < 1.29 is 0 Å². The van der Waals surface area contributed by atoms with Gasteiger partial charge in [-0.25, -0.2) is 10.0 Å². The van der Waals surface area contributed by atoms with Crippen molar-refractivity contribution in [3.8, 4) is 22.3 Å². The largest absolute Gasteiger partial charge is 0.310 e. The number of rotatable bonds is 10. The Morgan fingerprint density at radius 2 is 0.828 bits per heavy atom. The molecule has 0 aliphatic heterocycles. The molecule has 2 nitrogen and oxygen atoms in total. The van der Waals surface area contributed by atoms with Crippen LogP contribution in [0.4, 0.5) is 34.1 Å². The maximum Gasteiger partial charge on any atom is 0.0784 e. The molecular formula is C60H56N2SSi. The number of benzene rings is 10. The van der Waals surface area contributed by atoms with Gasteiger partial charge in [0.25, 0.3) is 0 Å². The van der Waals surface area contributed by atoms with Crippen LogP contribution in [0.1, 0.15) is 11.1 Å². The Kier molecular flexibility index (Phi) is 10.5. The Bertz CT molecular complexity index is 3080. The maximum atomic E-state index is 2.54. The number of hydrogen-bond acceptors (Lipinski definition) is 2. The molecule has 316 valence electrons. The number of nitrogens with zero attached hydrogens (tertiary/aromatic N) is 2. The quantitative estimate of drug-likeness (QED) is 0.0998. The van der Waals surface area contributed by atoms with Crippen LogP contribution in [0.15, 0.2) is 199 Å². The predicted molar refractivity (Wildman–Crippen MR) is 286 cm³/mol. The summed E-state index contributed by atoms with van der Waals surface area (Å²) in [5.41, 5.74) is 14.5. The SMILES string of the molecule is Cc1cc([Si](C)(C)C)c(-c2ccccc2)cc1N(c1ccccc1)c1cc(N(c2ccccc2)c2cc(-c3ccccc3)c(S(C)(C)C)cc2C)c2ccc3cccc4ccc1c2c43. The van der Waals surface area contributed by atoms with Gasteiger partial charge in [-0.2, -0.15) is 0 Å². The lowest BCUT2D eigenvalue weighted by molar-refractivity contribution is 1.22. The molecule has 0 aliphatic carbocycles. The van der Waals surface area contributed by atoms with Gasteiger partial charge in [0.1, 0.15) is 0 Å². The summed E-state index contributed by atoms with van der Waals surface area (Å²) in [6.07, 6.45) is 7.24. The van der Waals surface area contributed by atoms with Crippen molar-refractivity contribution >= 4 is 89.7 Å². The molecule has 10 rings (SSSR count). The molecule has 0 N–H and O–H groups in total. The van der Waals surface area contributed by atoms with E-state index in [1.165, 1.54) is 87.2 Å². The molecule has 0 unspecified atom stereocenters. The fraction of sp³-hybridized carbons (Fsp3) is 0.133. The zero-order chi connectivity index (χ0) is 44.3. The average molecular weight is 865 g/mol. The minimum Gasteiger partial charge on any atom is -0.310 e. The number of aryl methyl sites for hydroxylation is 2. The van der Waals surface area contributed by atoms with E-state index in [4.69, 9.17) is 0 Å². The van der Waals surface area contributed by atoms with Gasteiger partial charge in [0, 0.05) is 38.9 Å². The van der Waals surface area contributed by atoms with Gasteiger partial charge in [-0.15, -0.1) is 0 Å². The van der Waals surface area contributed by atoms with Crippen LogP contribution >= 0.6 is 10.0 Å². The molecular weight excluding hydrogens is 809 g/mol. The zero-order valence-corrected chi connectivity index (χ0v) is 40.1. The van der Waals surface area contributed by atoms with Crippen LogP contribution < -0.4 is 15.0 Å². The van der Waals surface area contributed by atoms with Gasteiger partial charge in [-0.1, -0.05) is 170 Å². The van der Waals surface area contributed by atoms with Gasteiger partial charge in [-0.3, -0.25) is 0 Å². The van der Waals surface area contributed by atoms with Crippen LogP contribution in [-0.2, 0) is 0 Å². The third-order valence-electron chi connectivity index (χ3n) is 12.9. The molecule has 0 bridgehead atoms. The summed E-state index contributed by atoms with van der Waals surface area (Å²) < 4.78 is 0. The highest BCUT2D eigenvalue weighted by atomic mass is 32.3. The Morgan fingerprint density at radius 3 is 1.30 bits per heavy atom. The third kappa shape index (κ3) is 7.35. The molecule has 0 fully saturated rings. The molecule has 0 aromatic heterocycles. The topological polar surface area (TPSA) is 6.48 Å². The van der Waals surface area contributed by atoms with Gasteiger partial charge >= 0.3 is 0 Å². The van der Waals surface area contributed by atoms with Gasteiger partial charge in [0.15, 0.2) is 0 Å². The van der Waals surface area contributed by atoms with Crippen molar-refractivity contribution in [3.05, 3.63) is 205 Å². The van der Waals surface area contributed by atoms with E-state index in [0.29, 0.717) is 0 Å². The summed E-state index contributed by atoms with van der Waals surface area (Å²) in [5, 5.41) is 9.00. The first-order valence-electron chi connectivity index (χ1n) is 22.4. The molecule has 0 spiro atoms. The van der Waals surface area contributed by atoms with Gasteiger partial charge in [0.05, 0.1) is 19.4 Å². The van der Waals surface area contributed by atoms with E-state index in [1.807, 2.05) is 0 Å². The van der Waals surface area contributed by atoms with Gasteiger partial charge < -0.3 is 9.80 Å². The second-order valence-electron chi connectivity index (χ2n) is 19.1. The molecule has 10 aromatic carbocycles. The number of para-hydroxylation sites is 2. The van der Waals surface area contributed by atoms with Crippen molar-refractivity contribution in [1.82, 2.24) is 0 Å². The van der Waals surface area contributed by atoms with Crippen LogP contribution in [0.25, 0.3) is 54.6 Å². The van der Waals surface area contributed by atoms with E-state index in [1.54, 1.807) is 0 Å². The Labute approximate surface area is 382 Å². The third-order valence-corrected chi connectivity index (χ3v) is 16.6. The first-order chi connectivity index (χ1) is 30.9. The zero-order valence-electron chi connectivity index (χ0n) is 38.3. The molecule has 0 atom stereocenters. The van der Waals surface area contributed by atoms with Crippen molar-refractivity contribution in [2.24, 2.45) is 0 Å². The van der Waals surface area contributed by atoms with Crippen LogP contribution in [0.2, 0.25) is 19.6 Å². The average Bonchev–Trinajstić information content (AvgIpc) is 3.30. The van der Waals surface area contributed by atoms with E-state index in [-0.39, 0.29) is 0 Å². The summed E-state index contributed by atoms with van der Waals surface area (Å²) in [6, 6.07) is 72.5. The lowest BCUT2D eigenvalue weighted by Crippen LogP contribution is -2.39. The van der Waals surface area contributed by atoms with Gasteiger partial charge in [0.2, 0.25) is 0 Å². The van der Waals surface area contributed by atoms with Crippen molar-refractivity contribution in [2.45, 2.75) is 38.4 Å². The van der Waals surface area contributed by atoms with Crippen LogP contribution in [0.5, 0.6) is 0 Å². The Hall–Kier alpha value is -6.59. The molecule has 0 saturated carbocycles. The highest BCUT2D eigenvalue weighted by Gasteiger charge is 2.29. The monoisotopic (exact) mass is 864 g/mol. The summed E-state index contributed by atoms with van der Waals surface area (Å²) in [5.74, 6) is 0. The normalized spacial score (nSPS) is 12.3. The molecule has 64 heavy (non-hydrogen) atoms. The van der Waals surface area contributed by atoms with E-state index >= 15 is 0 Å². The minimum atomic E-state index is -1.77. The number of anilines is 6. The molecule has 0 amide bonds. The van der Waals surface area contributed by atoms with Crippen LogP contribution in [0, 0.1) is 13.8 Å². The molecule has 4 heteroatoms. The second-order valence-corrected chi connectivity index (χ2v) is 28.2. The summed E-state index contributed by atoms with van der Waals surface area (Å²) in [4.78, 5) is 6.51. The molecule has 0 aliphatic rings.